The van der Waals surface area contributed by atoms with Crippen molar-refractivity contribution in [2.24, 2.45) is 0 Å². The smallest absolute Gasteiger partial charge is 0.353 e. The number of piperazine rings is 1. The van der Waals surface area contributed by atoms with Crippen molar-refractivity contribution in [2.45, 2.75) is 13.0 Å². The molecule has 11 heteroatoms. The summed E-state index contributed by atoms with van der Waals surface area (Å²) in [4.78, 5) is 28.0. The van der Waals surface area contributed by atoms with E-state index < -0.39 is 4.92 Å². The molecule has 0 aliphatic carbocycles. The van der Waals surface area contributed by atoms with Crippen molar-refractivity contribution in [2.75, 3.05) is 47.8 Å². The van der Waals surface area contributed by atoms with E-state index in [9.17, 15) is 10.1 Å². The number of nitrogens with one attached hydrogen (secondary N) is 1. The molecule has 31 heavy (non-hydrogen) atoms. The second-order valence-corrected chi connectivity index (χ2v) is 7.62. The molecule has 1 aromatic carbocycles. The van der Waals surface area contributed by atoms with Crippen molar-refractivity contribution >= 4 is 34.6 Å². The Hall–Kier alpha value is -3.40. The summed E-state index contributed by atoms with van der Waals surface area (Å²) >= 11 is 6.10. The highest BCUT2D eigenvalue weighted by atomic mass is 35.5. The van der Waals surface area contributed by atoms with Gasteiger partial charge in [0.2, 0.25) is 11.6 Å². The molecule has 0 saturated carbocycles. The fourth-order valence-corrected chi connectivity index (χ4v) is 3.82. The zero-order valence-corrected chi connectivity index (χ0v) is 17.6. The average molecular weight is 443 g/mol. The Bertz CT molecular complexity index is 1020. The maximum Gasteiger partial charge on any atom is 0.353 e. The molecular weight excluding hydrogens is 420 g/mol. The Balaban J connectivity index is 1.42. The number of nitrogens with zero attached hydrogens (tertiary/aromatic N) is 7. The third kappa shape index (κ3) is 5.02. The molecular formula is C20H23ClN8O2. The number of hydrogen-bond donors (Lipinski definition) is 1. The zero-order chi connectivity index (χ0) is 21.6. The van der Waals surface area contributed by atoms with Crippen LogP contribution in [0.2, 0.25) is 5.02 Å². The van der Waals surface area contributed by atoms with E-state index in [1.54, 1.807) is 12.5 Å². The van der Waals surface area contributed by atoms with Crippen LogP contribution < -0.4 is 15.1 Å². The molecule has 1 aliphatic heterocycles. The van der Waals surface area contributed by atoms with Crippen molar-refractivity contribution in [1.29, 1.82) is 0 Å². The number of rotatable bonds is 8. The minimum atomic E-state index is -0.406. The summed E-state index contributed by atoms with van der Waals surface area (Å²) in [5, 5.41) is 15.6. The predicted molar refractivity (Wildman–Crippen MR) is 120 cm³/mol. The molecule has 162 valence electrons. The van der Waals surface area contributed by atoms with Crippen LogP contribution in [0.5, 0.6) is 0 Å². The van der Waals surface area contributed by atoms with E-state index in [0.717, 1.165) is 31.7 Å². The Morgan fingerprint density at radius 1 is 1.16 bits per heavy atom. The number of halogens is 1. The van der Waals surface area contributed by atoms with Gasteiger partial charge in [-0.25, -0.2) is 15.0 Å². The van der Waals surface area contributed by atoms with Gasteiger partial charge in [0, 0.05) is 62.4 Å². The first-order valence-electron chi connectivity index (χ1n) is 10.1. The lowest BCUT2D eigenvalue weighted by Crippen LogP contribution is -2.47. The number of hydrogen-bond acceptors (Lipinski definition) is 8. The van der Waals surface area contributed by atoms with Crippen LogP contribution in [0.3, 0.4) is 0 Å². The van der Waals surface area contributed by atoms with Gasteiger partial charge in [-0.1, -0.05) is 17.7 Å². The van der Waals surface area contributed by atoms with Crippen LogP contribution in [0, 0.1) is 10.1 Å². The van der Waals surface area contributed by atoms with Crippen molar-refractivity contribution in [1.82, 2.24) is 19.5 Å². The number of anilines is 3. The molecule has 3 heterocycles. The Morgan fingerprint density at radius 2 is 1.97 bits per heavy atom. The van der Waals surface area contributed by atoms with Crippen LogP contribution in [-0.2, 0) is 6.54 Å². The third-order valence-corrected chi connectivity index (χ3v) is 5.42. The predicted octanol–water partition coefficient (Wildman–Crippen LogP) is 3.06. The van der Waals surface area contributed by atoms with E-state index in [-0.39, 0.29) is 11.5 Å². The lowest BCUT2D eigenvalue weighted by atomic mass is 10.2. The van der Waals surface area contributed by atoms with E-state index in [0.29, 0.717) is 30.5 Å². The molecule has 1 saturated heterocycles. The van der Waals surface area contributed by atoms with Gasteiger partial charge in [0.25, 0.3) is 0 Å². The highest BCUT2D eigenvalue weighted by Crippen LogP contribution is 2.33. The lowest BCUT2D eigenvalue weighted by Gasteiger charge is -2.36. The summed E-state index contributed by atoms with van der Waals surface area (Å²) in [6.45, 7) is 3.99. The van der Waals surface area contributed by atoms with Crippen LogP contribution in [0.4, 0.5) is 23.0 Å². The topological polar surface area (TPSA) is 105 Å². The summed E-state index contributed by atoms with van der Waals surface area (Å²) < 4.78 is 1.96. The Labute approximate surface area is 184 Å². The first-order valence-corrected chi connectivity index (χ1v) is 10.4. The molecule has 0 bridgehead atoms. The van der Waals surface area contributed by atoms with Gasteiger partial charge in [-0.15, -0.1) is 0 Å². The SMILES string of the molecule is O=[N+]([O-])c1c(NCCCn2ccnc2)ncnc1N1CCN(c2cccc(Cl)c2)CC1. The van der Waals surface area contributed by atoms with Gasteiger partial charge in [0.15, 0.2) is 0 Å². The van der Waals surface area contributed by atoms with Gasteiger partial charge in [-0.2, -0.15) is 0 Å². The average Bonchev–Trinajstić information content (AvgIpc) is 3.30. The van der Waals surface area contributed by atoms with Crippen LogP contribution >= 0.6 is 11.6 Å². The minimum absolute atomic E-state index is 0.0821. The minimum Gasteiger partial charge on any atom is -0.368 e. The molecule has 0 amide bonds. The van der Waals surface area contributed by atoms with Gasteiger partial charge in [-0.05, 0) is 24.6 Å². The lowest BCUT2D eigenvalue weighted by molar-refractivity contribution is -0.383. The van der Waals surface area contributed by atoms with E-state index in [4.69, 9.17) is 11.6 Å². The normalized spacial score (nSPS) is 14.0. The highest BCUT2D eigenvalue weighted by molar-refractivity contribution is 6.30. The van der Waals surface area contributed by atoms with Crippen LogP contribution in [0.15, 0.2) is 49.3 Å². The van der Waals surface area contributed by atoms with Gasteiger partial charge < -0.3 is 19.7 Å². The van der Waals surface area contributed by atoms with Crippen molar-refractivity contribution in [3.05, 3.63) is 64.5 Å². The number of aromatic nitrogens is 4. The second-order valence-electron chi connectivity index (χ2n) is 7.19. The highest BCUT2D eigenvalue weighted by Gasteiger charge is 2.29. The first kappa shape index (κ1) is 20.9. The number of aryl methyl sites for hydroxylation is 1. The molecule has 0 spiro atoms. The van der Waals surface area contributed by atoms with Gasteiger partial charge in [0.1, 0.15) is 6.33 Å². The summed E-state index contributed by atoms with van der Waals surface area (Å²) in [5.74, 6) is 0.598. The van der Waals surface area contributed by atoms with Crippen molar-refractivity contribution in [3.63, 3.8) is 0 Å². The molecule has 0 atom stereocenters. The van der Waals surface area contributed by atoms with Crippen molar-refractivity contribution < 1.29 is 4.92 Å². The van der Waals surface area contributed by atoms with Crippen LogP contribution in [0.1, 0.15) is 6.42 Å². The van der Waals surface area contributed by atoms with E-state index >= 15 is 0 Å². The molecule has 0 radical (unpaired) electrons. The fourth-order valence-electron chi connectivity index (χ4n) is 3.64. The van der Waals surface area contributed by atoms with Crippen LogP contribution in [-0.4, -0.2) is 57.2 Å². The van der Waals surface area contributed by atoms with Crippen LogP contribution in [0.25, 0.3) is 0 Å². The molecule has 0 unspecified atom stereocenters. The number of benzene rings is 1. The van der Waals surface area contributed by atoms with E-state index in [1.165, 1.54) is 6.33 Å². The molecule has 3 aromatic rings. The first-order chi connectivity index (χ1) is 15.1. The molecule has 1 fully saturated rings. The van der Waals surface area contributed by atoms with Gasteiger partial charge in [0.05, 0.1) is 11.3 Å². The summed E-state index contributed by atoms with van der Waals surface area (Å²) in [5.41, 5.74) is 0.964. The van der Waals surface area contributed by atoms with E-state index in [2.05, 4.69) is 25.2 Å². The summed E-state index contributed by atoms with van der Waals surface area (Å²) in [7, 11) is 0. The van der Waals surface area contributed by atoms with E-state index in [1.807, 2.05) is 39.9 Å². The molecule has 2 aromatic heterocycles. The largest absolute Gasteiger partial charge is 0.368 e. The maximum absolute atomic E-state index is 11.8. The Morgan fingerprint density at radius 3 is 2.68 bits per heavy atom. The third-order valence-electron chi connectivity index (χ3n) is 5.18. The standard InChI is InChI=1S/C20H23ClN8O2/c21-16-3-1-4-17(13-16)27-9-11-28(12-10-27)20-18(29(30)31)19(24-14-25-20)23-5-2-7-26-8-6-22-15-26/h1,3-4,6,8,13-15H,2,5,7,9-12H2,(H,23,24,25). The molecule has 1 aliphatic rings. The summed E-state index contributed by atoms with van der Waals surface area (Å²) in [6, 6.07) is 7.70. The number of imidazole rings is 1. The molecule has 10 nitrogen and oxygen atoms in total. The monoisotopic (exact) mass is 442 g/mol. The second kappa shape index (κ2) is 9.61. The quantitative estimate of drug-likeness (QED) is 0.322. The van der Waals surface area contributed by atoms with Gasteiger partial charge >= 0.3 is 5.69 Å². The Kier molecular flexibility index (Phi) is 6.46. The maximum atomic E-state index is 11.8. The zero-order valence-electron chi connectivity index (χ0n) is 16.9. The molecule has 1 N–H and O–H groups in total. The fraction of sp³-hybridized carbons (Fsp3) is 0.350. The summed E-state index contributed by atoms with van der Waals surface area (Å²) in [6.07, 6.45) is 7.51. The molecule has 4 rings (SSSR count). The van der Waals surface area contributed by atoms with Crippen molar-refractivity contribution in [3.8, 4) is 0 Å². The number of nitro groups is 1. The van der Waals surface area contributed by atoms with Gasteiger partial charge in [-0.3, -0.25) is 10.1 Å².